The van der Waals surface area contributed by atoms with Crippen LogP contribution in [0.25, 0.3) is 0 Å². The quantitative estimate of drug-likeness (QED) is 0.490. The summed E-state index contributed by atoms with van der Waals surface area (Å²) in [5.74, 6) is -0.439. The van der Waals surface area contributed by atoms with Gasteiger partial charge in [0.2, 0.25) is 5.91 Å². The third-order valence-corrected chi connectivity index (χ3v) is 2.19. The van der Waals surface area contributed by atoms with Crippen LogP contribution in [0.1, 0.15) is 0 Å². The number of carbonyl (C=O) groups is 1. The highest BCUT2D eigenvalue weighted by molar-refractivity contribution is 7.88. The first kappa shape index (κ1) is 11.2. The summed E-state index contributed by atoms with van der Waals surface area (Å²) in [6.07, 6.45) is 0.834. The van der Waals surface area contributed by atoms with Crippen molar-refractivity contribution in [3.05, 3.63) is 11.5 Å². The van der Waals surface area contributed by atoms with E-state index in [1.807, 2.05) is 0 Å². The van der Waals surface area contributed by atoms with Gasteiger partial charge in [-0.3, -0.25) is 9.35 Å². The van der Waals surface area contributed by atoms with Gasteiger partial charge in [0.1, 0.15) is 0 Å². The summed E-state index contributed by atoms with van der Waals surface area (Å²) in [5.41, 5.74) is 0. The molecule has 6 nitrogen and oxygen atoms in total. The molecule has 0 aromatic rings. The number of ether oxygens (including phenoxy) is 1. The Hall–Kier alpha value is -0.920. The smallest absolute Gasteiger partial charge is 0.287 e. The lowest BCUT2D eigenvalue weighted by molar-refractivity contribution is -0.129. The Morgan fingerprint density at radius 2 is 1.93 bits per heavy atom. The molecule has 1 heterocycles. The van der Waals surface area contributed by atoms with Gasteiger partial charge in [-0.1, -0.05) is 0 Å². The second-order valence-electron chi connectivity index (χ2n) is 2.76. The number of hydrogen-bond acceptors (Lipinski definition) is 4. The van der Waals surface area contributed by atoms with Gasteiger partial charge in [0, 0.05) is 19.2 Å². The van der Waals surface area contributed by atoms with Gasteiger partial charge >= 0.3 is 0 Å². The van der Waals surface area contributed by atoms with Gasteiger partial charge in [-0.15, -0.1) is 0 Å². The third-order valence-electron chi connectivity index (χ3n) is 1.71. The molecule has 0 atom stereocenters. The van der Waals surface area contributed by atoms with Crippen LogP contribution < -0.4 is 0 Å². The van der Waals surface area contributed by atoms with Crippen molar-refractivity contribution in [2.45, 2.75) is 0 Å². The van der Waals surface area contributed by atoms with E-state index in [9.17, 15) is 13.2 Å². The van der Waals surface area contributed by atoms with Crippen LogP contribution in [0.2, 0.25) is 0 Å². The fourth-order valence-corrected chi connectivity index (χ4v) is 1.32. The molecular weight excluding hydrogens is 210 g/mol. The number of amides is 1. The van der Waals surface area contributed by atoms with E-state index in [0.29, 0.717) is 31.7 Å². The maximum atomic E-state index is 11.3. The van der Waals surface area contributed by atoms with E-state index in [1.54, 1.807) is 0 Å². The summed E-state index contributed by atoms with van der Waals surface area (Å²) in [5, 5.41) is 0.477. The van der Waals surface area contributed by atoms with Crippen molar-refractivity contribution in [3.8, 4) is 0 Å². The van der Waals surface area contributed by atoms with E-state index in [-0.39, 0.29) is 0 Å². The van der Waals surface area contributed by atoms with E-state index >= 15 is 0 Å². The minimum atomic E-state index is -4.22. The van der Waals surface area contributed by atoms with E-state index < -0.39 is 16.0 Å². The Morgan fingerprint density at radius 1 is 1.36 bits per heavy atom. The number of rotatable bonds is 2. The number of nitrogens with zero attached hydrogens (tertiary/aromatic N) is 1. The molecular formula is C7H11NO5S. The monoisotopic (exact) mass is 221 g/mol. The van der Waals surface area contributed by atoms with Crippen LogP contribution in [0, 0.1) is 0 Å². The van der Waals surface area contributed by atoms with E-state index in [1.165, 1.54) is 4.90 Å². The molecule has 1 aliphatic heterocycles. The number of hydrogen-bond donors (Lipinski definition) is 1. The van der Waals surface area contributed by atoms with Crippen molar-refractivity contribution in [2.24, 2.45) is 0 Å². The van der Waals surface area contributed by atoms with Gasteiger partial charge in [0.25, 0.3) is 10.1 Å². The average Bonchev–Trinajstić information content (AvgIpc) is 2.14. The summed E-state index contributed by atoms with van der Waals surface area (Å²) < 4.78 is 33.9. The Bertz CT molecular complexity index is 328. The highest BCUT2D eigenvalue weighted by atomic mass is 32.2. The molecule has 0 unspecified atom stereocenters. The maximum absolute atomic E-state index is 11.3. The van der Waals surface area contributed by atoms with Crippen LogP contribution in [0.15, 0.2) is 11.5 Å². The Labute approximate surface area is 81.9 Å². The van der Waals surface area contributed by atoms with Gasteiger partial charge in [-0.05, 0) is 0 Å². The summed E-state index contributed by atoms with van der Waals surface area (Å²) in [7, 11) is -4.22. The Morgan fingerprint density at radius 3 is 2.43 bits per heavy atom. The molecule has 0 saturated carbocycles. The fraction of sp³-hybridized carbons (Fsp3) is 0.571. The van der Waals surface area contributed by atoms with Crippen LogP contribution in [-0.2, 0) is 19.6 Å². The summed E-state index contributed by atoms with van der Waals surface area (Å²) in [6.45, 7) is 1.78. The third kappa shape index (κ3) is 3.86. The average molecular weight is 221 g/mol. The SMILES string of the molecule is O=C(C=CS(=O)(=O)O)N1CCOCC1. The zero-order chi connectivity index (χ0) is 10.6. The van der Waals surface area contributed by atoms with E-state index in [2.05, 4.69) is 0 Å². The molecule has 80 valence electrons. The first-order valence-corrected chi connectivity index (χ1v) is 5.51. The topological polar surface area (TPSA) is 83.9 Å². The van der Waals surface area contributed by atoms with Crippen LogP contribution in [0.4, 0.5) is 0 Å². The van der Waals surface area contributed by atoms with Crippen molar-refractivity contribution < 1.29 is 22.5 Å². The molecule has 0 aromatic heterocycles. The lowest BCUT2D eigenvalue weighted by Gasteiger charge is -2.25. The lowest BCUT2D eigenvalue weighted by atomic mass is 10.4. The van der Waals surface area contributed by atoms with Gasteiger partial charge in [0.05, 0.1) is 18.6 Å². The first-order chi connectivity index (χ1) is 6.49. The molecule has 1 N–H and O–H groups in total. The molecule has 0 aromatic carbocycles. The molecule has 7 heteroatoms. The van der Waals surface area contributed by atoms with Crippen LogP contribution in [0.3, 0.4) is 0 Å². The lowest BCUT2D eigenvalue weighted by Crippen LogP contribution is -2.39. The second kappa shape index (κ2) is 4.54. The highest BCUT2D eigenvalue weighted by Crippen LogP contribution is 1.98. The number of morpholine rings is 1. The Kier molecular flexibility index (Phi) is 3.62. The minimum Gasteiger partial charge on any atom is -0.378 e. The Balaban J connectivity index is 2.53. The summed E-state index contributed by atoms with van der Waals surface area (Å²) >= 11 is 0. The van der Waals surface area contributed by atoms with Crippen LogP contribution >= 0.6 is 0 Å². The predicted molar refractivity (Wildman–Crippen MR) is 48.1 cm³/mol. The molecule has 1 aliphatic rings. The zero-order valence-electron chi connectivity index (χ0n) is 7.42. The predicted octanol–water partition coefficient (Wildman–Crippen LogP) is -0.753. The number of carbonyl (C=O) groups excluding carboxylic acids is 1. The van der Waals surface area contributed by atoms with Crippen molar-refractivity contribution in [1.29, 1.82) is 0 Å². The van der Waals surface area contributed by atoms with Gasteiger partial charge in [-0.25, -0.2) is 0 Å². The van der Waals surface area contributed by atoms with E-state index in [0.717, 1.165) is 6.08 Å². The molecule has 14 heavy (non-hydrogen) atoms. The standard InChI is InChI=1S/C7H11NO5S/c9-7(1-6-14(10,11)12)8-2-4-13-5-3-8/h1,6H,2-5H2,(H,10,11,12). The molecule has 0 spiro atoms. The normalized spacial score (nSPS) is 18.8. The molecule has 1 fully saturated rings. The maximum Gasteiger partial charge on any atom is 0.287 e. The summed E-state index contributed by atoms with van der Waals surface area (Å²) in [6, 6.07) is 0. The van der Waals surface area contributed by atoms with Gasteiger partial charge < -0.3 is 9.64 Å². The van der Waals surface area contributed by atoms with Crippen molar-refractivity contribution in [1.82, 2.24) is 4.90 Å². The van der Waals surface area contributed by atoms with Gasteiger partial charge in [-0.2, -0.15) is 8.42 Å². The van der Waals surface area contributed by atoms with Crippen molar-refractivity contribution in [3.63, 3.8) is 0 Å². The molecule has 1 rings (SSSR count). The fourth-order valence-electron chi connectivity index (χ4n) is 1.03. The van der Waals surface area contributed by atoms with Crippen molar-refractivity contribution in [2.75, 3.05) is 26.3 Å². The highest BCUT2D eigenvalue weighted by Gasteiger charge is 2.14. The van der Waals surface area contributed by atoms with Gasteiger partial charge in [0.15, 0.2) is 0 Å². The molecule has 0 aliphatic carbocycles. The zero-order valence-corrected chi connectivity index (χ0v) is 8.24. The second-order valence-corrected chi connectivity index (χ2v) is 4.06. The van der Waals surface area contributed by atoms with Crippen molar-refractivity contribution >= 4 is 16.0 Å². The summed E-state index contributed by atoms with van der Waals surface area (Å²) in [4.78, 5) is 12.7. The molecule has 1 amide bonds. The van der Waals surface area contributed by atoms with E-state index in [4.69, 9.17) is 9.29 Å². The largest absolute Gasteiger partial charge is 0.378 e. The first-order valence-electron chi connectivity index (χ1n) is 4.01. The molecule has 0 bridgehead atoms. The van der Waals surface area contributed by atoms with Crippen LogP contribution in [-0.4, -0.2) is 50.1 Å². The minimum absolute atomic E-state index is 0.439. The van der Waals surface area contributed by atoms with Crippen LogP contribution in [0.5, 0.6) is 0 Å². The molecule has 1 saturated heterocycles. The molecule has 0 radical (unpaired) electrons.